The summed E-state index contributed by atoms with van der Waals surface area (Å²) in [6.07, 6.45) is 0. The second-order valence-corrected chi connectivity index (χ2v) is 5.05. The third-order valence-corrected chi connectivity index (χ3v) is 3.34. The third kappa shape index (κ3) is 2.59. The van der Waals surface area contributed by atoms with Crippen LogP contribution in [-0.2, 0) is 4.74 Å². The van der Waals surface area contributed by atoms with Gasteiger partial charge in [0.1, 0.15) is 0 Å². The van der Waals surface area contributed by atoms with Crippen LogP contribution in [0.3, 0.4) is 0 Å². The highest BCUT2D eigenvalue weighted by atomic mass is 79.9. The lowest BCUT2D eigenvalue weighted by Crippen LogP contribution is -2.36. The van der Waals surface area contributed by atoms with Gasteiger partial charge in [-0.15, -0.1) is 0 Å². The summed E-state index contributed by atoms with van der Waals surface area (Å²) in [6, 6.07) is 3.72. The fourth-order valence-corrected chi connectivity index (χ4v) is 3.07. The van der Waals surface area contributed by atoms with E-state index in [9.17, 15) is 0 Å². The van der Waals surface area contributed by atoms with Crippen molar-refractivity contribution in [1.29, 1.82) is 0 Å². The van der Waals surface area contributed by atoms with Crippen LogP contribution < -0.4 is 4.90 Å². The highest BCUT2D eigenvalue weighted by Crippen LogP contribution is 2.36. The van der Waals surface area contributed by atoms with E-state index in [1.807, 2.05) is 12.1 Å². The van der Waals surface area contributed by atoms with Gasteiger partial charge in [0, 0.05) is 17.6 Å². The fraction of sp³-hybridized carbons (Fsp3) is 0.400. The van der Waals surface area contributed by atoms with E-state index in [0.29, 0.717) is 10.0 Å². The monoisotopic (exact) mass is 309 g/mol. The maximum atomic E-state index is 6.17. The highest BCUT2D eigenvalue weighted by molar-refractivity contribution is 9.10. The Morgan fingerprint density at radius 1 is 1.13 bits per heavy atom. The van der Waals surface area contributed by atoms with Crippen LogP contribution in [0.25, 0.3) is 0 Å². The summed E-state index contributed by atoms with van der Waals surface area (Å²) < 4.78 is 6.19. The first kappa shape index (κ1) is 11.5. The first-order valence-corrected chi connectivity index (χ1v) is 6.20. The molecule has 1 saturated heterocycles. The number of ether oxygens (including phenoxy) is 1. The van der Waals surface area contributed by atoms with E-state index in [-0.39, 0.29) is 0 Å². The minimum Gasteiger partial charge on any atom is -0.378 e. The third-order valence-electron chi connectivity index (χ3n) is 2.31. The molecule has 5 heteroatoms. The molecule has 1 aliphatic rings. The lowest BCUT2D eigenvalue weighted by molar-refractivity contribution is 0.122. The molecule has 2 rings (SSSR count). The Kier molecular flexibility index (Phi) is 3.78. The van der Waals surface area contributed by atoms with Crippen LogP contribution in [0.4, 0.5) is 5.69 Å². The lowest BCUT2D eigenvalue weighted by Gasteiger charge is -2.30. The van der Waals surface area contributed by atoms with Gasteiger partial charge in [0.05, 0.1) is 28.9 Å². The first-order chi connectivity index (χ1) is 7.18. The molecule has 15 heavy (non-hydrogen) atoms. The van der Waals surface area contributed by atoms with Gasteiger partial charge in [-0.2, -0.15) is 0 Å². The van der Waals surface area contributed by atoms with Gasteiger partial charge in [0.25, 0.3) is 0 Å². The second-order valence-electron chi connectivity index (χ2n) is 3.32. The largest absolute Gasteiger partial charge is 0.378 e. The molecular formula is C10H10BrCl2NO. The number of hydrogen-bond acceptors (Lipinski definition) is 2. The molecule has 0 bridgehead atoms. The Hall–Kier alpha value is 0.0400. The molecule has 82 valence electrons. The number of rotatable bonds is 1. The van der Waals surface area contributed by atoms with Crippen molar-refractivity contribution in [2.45, 2.75) is 0 Å². The molecule has 1 heterocycles. The van der Waals surface area contributed by atoms with Gasteiger partial charge in [0.2, 0.25) is 0 Å². The molecule has 0 aliphatic carbocycles. The quantitative estimate of drug-likeness (QED) is 0.786. The molecule has 1 aromatic carbocycles. The van der Waals surface area contributed by atoms with E-state index in [1.165, 1.54) is 0 Å². The van der Waals surface area contributed by atoms with E-state index >= 15 is 0 Å². The Balaban J connectivity index is 2.33. The van der Waals surface area contributed by atoms with E-state index < -0.39 is 0 Å². The van der Waals surface area contributed by atoms with Gasteiger partial charge >= 0.3 is 0 Å². The molecule has 2 nitrogen and oxygen atoms in total. The van der Waals surface area contributed by atoms with Gasteiger partial charge in [-0.05, 0) is 12.1 Å². The van der Waals surface area contributed by atoms with E-state index in [0.717, 1.165) is 36.5 Å². The van der Waals surface area contributed by atoms with Crippen LogP contribution in [0.1, 0.15) is 0 Å². The molecule has 0 aromatic heterocycles. The Morgan fingerprint density at radius 2 is 1.67 bits per heavy atom. The summed E-state index contributed by atoms with van der Waals surface area (Å²) >= 11 is 15.7. The number of hydrogen-bond donors (Lipinski definition) is 0. The number of benzene rings is 1. The highest BCUT2D eigenvalue weighted by Gasteiger charge is 2.17. The maximum absolute atomic E-state index is 6.17. The maximum Gasteiger partial charge on any atom is 0.0747 e. The predicted octanol–water partition coefficient (Wildman–Crippen LogP) is 3.59. The topological polar surface area (TPSA) is 12.5 Å². The summed E-state index contributed by atoms with van der Waals surface area (Å²) in [5.74, 6) is 0. The van der Waals surface area contributed by atoms with Crippen LogP contribution in [0, 0.1) is 0 Å². The van der Waals surface area contributed by atoms with Crippen molar-refractivity contribution in [2.75, 3.05) is 31.2 Å². The van der Waals surface area contributed by atoms with Crippen molar-refractivity contribution in [2.24, 2.45) is 0 Å². The van der Waals surface area contributed by atoms with Gasteiger partial charge in [0.15, 0.2) is 0 Å². The molecule has 0 spiro atoms. The molecule has 0 N–H and O–H groups in total. The Morgan fingerprint density at radius 3 is 2.20 bits per heavy atom. The van der Waals surface area contributed by atoms with E-state index in [1.54, 1.807) is 0 Å². The summed E-state index contributed by atoms with van der Waals surface area (Å²) in [5, 5.41) is 1.35. The van der Waals surface area contributed by atoms with Gasteiger partial charge < -0.3 is 9.64 Å². The zero-order chi connectivity index (χ0) is 10.8. The van der Waals surface area contributed by atoms with Crippen LogP contribution in [0.5, 0.6) is 0 Å². The number of halogens is 3. The predicted molar refractivity (Wildman–Crippen MR) is 67.2 cm³/mol. The Labute approximate surface area is 107 Å². The van der Waals surface area contributed by atoms with Crippen LogP contribution in [-0.4, -0.2) is 26.3 Å². The molecule has 1 aromatic rings. The van der Waals surface area contributed by atoms with Gasteiger partial charge in [-0.1, -0.05) is 39.1 Å². The summed E-state index contributed by atoms with van der Waals surface area (Å²) in [5.41, 5.74) is 0.907. The molecule has 0 atom stereocenters. The standard InChI is InChI=1S/C10H10BrCl2NO/c11-7-5-8(12)10(9(13)6-7)14-1-3-15-4-2-14/h5-6H,1-4H2. The molecule has 0 saturated carbocycles. The van der Waals surface area contributed by atoms with Crippen molar-refractivity contribution in [3.05, 3.63) is 26.7 Å². The second kappa shape index (κ2) is 4.91. The van der Waals surface area contributed by atoms with E-state index in [4.69, 9.17) is 27.9 Å². The molecule has 0 unspecified atom stereocenters. The van der Waals surface area contributed by atoms with Crippen LogP contribution in [0.2, 0.25) is 10.0 Å². The molecule has 0 radical (unpaired) electrons. The zero-order valence-electron chi connectivity index (χ0n) is 7.97. The molecular weight excluding hydrogens is 301 g/mol. The van der Waals surface area contributed by atoms with Gasteiger partial charge in [-0.25, -0.2) is 0 Å². The minimum absolute atomic E-state index is 0.677. The SMILES string of the molecule is Clc1cc(Br)cc(Cl)c1N1CCOCC1. The molecule has 1 fully saturated rings. The number of morpholine rings is 1. The first-order valence-electron chi connectivity index (χ1n) is 4.66. The average Bonchev–Trinajstić information content (AvgIpc) is 2.17. The Bertz CT molecular complexity index is 343. The van der Waals surface area contributed by atoms with Crippen molar-refractivity contribution in [3.63, 3.8) is 0 Å². The molecule has 1 aliphatic heterocycles. The van der Waals surface area contributed by atoms with Crippen LogP contribution >= 0.6 is 39.1 Å². The van der Waals surface area contributed by atoms with Crippen molar-refractivity contribution in [1.82, 2.24) is 0 Å². The van der Waals surface area contributed by atoms with E-state index in [2.05, 4.69) is 20.8 Å². The molecule has 0 amide bonds. The number of anilines is 1. The average molecular weight is 311 g/mol. The van der Waals surface area contributed by atoms with Crippen molar-refractivity contribution < 1.29 is 4.74 Å². The minimum atomic E-state index is 0.677. The smallest absolute Gasteiger partial charge is 0.0747 e. The summed E-state index contributed by atoms with van der Waals surface area (Å²) in [6.45, 7) is 3.12. The summed E-state index contributed by atoms with van der Waals surface area (Å²) in [4.78, 5) is 2.15. The summed E-state index contributed by atoms with van der Waals surface area (Å²) in [7, 11) is 0. The van der Waals surface area contributed by atoms with Crippen molar-refractivity contribution in [3.8, 4) is 0 Å². The van der Waals surface area contributed by atoms with Crippen molar-refractivity contribution >= 4 is 44.8 Å². The fourth-order valence-electron chi connectivity index (χ4n) is 1.62. The zero-order valence-corrected chi connectivity index (χ0v) is 11.1. The lowest BCUT2D eigenvalue weighted by atomic mass is 10.2. The van der Waals surface area contributed by atoms with Crippen LogP contribution in [0.15, 0.2) is 16.6 Å². The van der Waals surface area contributed by atoms with Gasteiger partial charge in [-0.3, -0.25) is 0 Å². The normalized spacial score (nSPS) is 16.9. The number of nitrogens with zero attached hydrogens (tertiary/aromatic N) is 1.